The maximum Gasteiger partial charge on any atom is 0.197 e. The molecule has 3 nitrogen and oxygen atoms in total. The van der Waals surface area contributed by atoms with Crippen molar-refractivity contribution in [2.45, 2.75) is 27.7 Å². The van der Waals surface area contributed by atoms with Crippen LogP contribution >= 0.6 is 0 Å². The van der Waals surface area contributed by atoms with E-state index in [1.54, 1.807) is 0 Å². The van der Waals surface area contributed by atoms with Gasteiger partial charge in [0.05, 0.1) is 40.0 Å². The van der Waals surface area contributed by atoms with E-state index in [2.05, 4.69) is 114 Å². The zero-order valence-corrected chi connectivity index (χ0v) is 25.9. The van der Waals surface area contributed by atoms with E-state index in [9.17, 15) is 8.78 Å². The number of fused-ring (bicyclic) bond motifs is 6. The number of hydrogen-bond donors (Lipinski definition) is 0. The largest absolute Gasteiger partial charge is 0.308 e. The first-order valence-corrected chi connectivity index (χ1v) is 15.3. The third-order valence-corrected chi connectivity index (χ3v) is 9.03. The average Bonchev–Trinajstić information content (AvgIpc) is 3.50. The Balaban J connectivity index is 1.61. The maximum atomic E-state index is 14.6. The van der Waals surface area contributed by atoms with Crippen molar-refractivity contribution in [3.05, 3.63) is 148 Å². The first-order chi connectivity index (χ1) is 22.2. The van der Waals surface area contributed by atoms with Crippen molar-refractivity contribution < 1.29 is 8.78 Å². The molecule has 0 aliphatic heterocycles. The van der Waals surface area contributed by atoms with Gasteiger partial charge >= 0.3 is 0 Å². The van der Waals surface area contributed by atoms with Gasteiger partial charge in [0.25, 0.3) is 0 Å². The molecule has 2 aromatic heterocycles. The van der Waals surface area contributed by atoms with E-state index in [1.165, 1.54) is 12.1 Å². The molecule has 0 bridgehead atoms. The molecule has 0 N–H and O–H groups in total. The van der Waals surface area contributed by atoms with Crippen LogP contribution in [-0.2, 0) is 0 Å². The van der Waals surface area contributed by atoms with Gasteiger partial charge in [0.2, 0.25) is 0 Å². The Morgan fingerprint density at radius 3 is 1.22 bits per heavy atom. The summed E-state index contributed by atoms with van der Waals surface area (Å²) in [6.45, 7) is 16.6. The van der Waals surface area contributed by atoms with Crippen molar-refractivity contribution in [1.82, 2.24) is 9.13 Å². The Hall–Kier alpha value is -5.73. The topological polar surface area (TPSA) is 14.2 Å². The molecular formula is C41H29F2N3. The summed E-state index contributed by atoms with van der Waals surface area (Å²) >= 11 is 0. The minimum atomic E-state index is -0.687. The van der Waals surface area contributed by atoms with Crippen LogP contribution in [0.4, 0.5) is 14.5 Å². The Bertz CT molecular complexity index is 2470. The molecule has 0 fully saturated rings. The Morgan fingerprint density at radius 2 is 0.848 bits per heavy atom. The van der Waals surface area contributed by atoms with E-state index < -0.39 is 11.6 Å². The smallest absolute Gasteiger partial charge is 0.197 e. The molecule has 2 heterocycles. The van der Waals surface area contributed by atoms with Gasteiger partial charge in [-0.05, 0) is 110 Å². The lowest BCUT2D eigenvalue weighted by Crippen LogP contribution is -2.05. The van der Waals surface area contributed by atoms with Crippen LogP contribution in [-0.4, -0.2) is 9.13 Å². The minimum Gasteiger partial charge on any atom is -0.308 e. The molecule has 0 saturated heterocycles. The Morgan fingerprint density at radius 1 is 0.478 bits per heavy atom. The van der Waals surface area contributed by atoms with E-state index in [4.69, 9.17) is 6.57 Å². The van der Waals surface area contributed by atoms with Gasteiger partial charge in [0, 0.05) is 27.6 Å². The molecule has 222 valence electrons. The predicted molar refractivity (Wildman–Crippen MR) is 186 cm³/mol. The number of aryl methyl sites for hydroxylation is 4. The molecule has 5 heteroatoms. The first-order valence-electron chi connectivity index (χ1n) is 15.3. The fourth-order valence-corrected chi connectivity index (χ4v) is 6.95. The van der Waals surface area contributed by atoms with Crippen molar-refractivity contribution in [3.8, 4) is 22.5 Å². The zero-order chi connectivity index (χ0) is 31.9. The van der Waals surface area contributed by atoms with Gasteiger partial charge in [-0.2, -0.15) is 0 Å². The van der Waals surface area contributed by atoms with Crippen LogP contribution in [0.15, 0.2) is 103 Å². The van der Waals surface area contributed by atoms with Crippen LogP contribution in [0.3, 0.4) is 0 Å². The van der Waals surface area contributed by atoms with Crippen molar-refractivity contribution >= 4 is 49.3 Å². The summed E-state index contributed by atoms with van der Waals surface area (Å²) < 4.78 is 33.7. The molecule has 0 atom stereocenters. The van der Waals surface area contributed by atoms with Crippen LogP contribution in [0.25, 0.3) is 71.0 Å². The summed E-state index contributed by atoms with van der Waals surface area (Å²) in [5.74, 6) is -1.37. The van der Waals surface area contributed by atoms with E-state index >= 15 is 0 Å². The number of halogens is 2. The van der Waals surface area contributed by atoms with Crippen LogP contribution in [0.5, 0.6) is 0 Å². The van der Waals surface area contributed by atoms with Gasteiger partial charge in [0.1, 0.15) is 11.6 Å². The molecule has 8 rings (SSSR count). The summed E-state index contributed by atoms with van der Waals surface area (Å²) in [4.78, 5) is 3.93. The Labute approximate surface area is 265 Å². The minimum absolute atomic E-state index is 0.312. The second kappa shape index (κ2) is 10.2. The molecular weight excluding hydrogens is 572 g/mol. The molecule has 0 saturated carbocycles. The van der Waals surface area contributed by atoms with Gasteiger partial charge in [0.15, 0.2) is 5.69 Å². The monoisotopic (exact) mass is 601 g/mol. The van der Waals surface area contributed by atoms with Gasteiger partial charge in [-0.3, -0.25) is 0 Å². The SMILES string of the molecule is [C-]#[N+]c1cc(-n2c3cc(C)ccc3c3ccc(C)cc32)c(-n2c3cc(C)ccc3c3ccc(C)cc32)cc1-c1cc(F)cc(F)c1. The molecule has 0 aliphatic rings. The average molecular weight is 602 g/mol. The Kier molecular flexibility index (Phi) is 6.13. The quantitative estimate of drug-likeness (QED) is 0.179. The third-order valence-electron chi connectivity index (χ3n) is 9.03. The molecule has 0 spiro atoms. The second-order valence-corrected chi connectivity index (χ2v) is 12.4. The van der Waals surface area contributed by atoms with Gasteiger partial charge < -0.3 is 9.13 Å². The van der Waals surface area contributed by atoms with Gasteiger partial charge in [-0.15, -0.1) is 0 Å². The lowest BCUT2D eigenvalue weighted by molar-refractivity contribution is 0.584. The number of rotatable bonds is 3. The lowest BCUT2D eigenvalue weighted by atomic mass is 10.0. The fraction of sp³-hybridized carbons (Fsp3) is 0.0976. The summed E-state index contributed by atoms with van der Waals surface area (Å²) in [6, 6.07) is 33.1. The van der Waals surface area contributed by atoms with Crippen molar-refractivity contribution in [3.63, 3.8) is 0 Å². The highest BCUT2D eigenvalue weighted by Crippen LogP contribution is 2.43. The molecule has 6 aromatic carbocycles. The maximum absolute atomic E-state index is 14.6. The van der Waals surface area contributed by atoms with E-state index in [-0.39, 0.29) is 0 Å². The fourth-order valence-electron chi connectivity index (χ4n) is 6.95. The first kappa shape index (κ1) is 27.8. The van der Waals surface area contributed by atoms with E-state index in [0.717, 1.165) is 83.3 Å². The number of nitrogens with zero attached hydrogens (tertiary/aromatic N) is 3. The summed E-state index contributed by atoms with van der Waals surface area (Å²) in [7, 11) is 0. The molecule has 0 aliphatic carbocycles. The highest BCUT2D eigenvalue weighted by Gasteiger charge is 2.23. The van der Waals surface area contributed by atoms with E-state index in [0.29, 0.717) is 16.8 Å². The number of benzene rings is 6. The van der Waals surface area contributed by atoms with Crippen molar-refractivity contribution in [1.29, 1.82) is 0 Å². The molecule has 0 radical (unpaired) electrons. The summed E-state index contributed by atoms with van der Waals surface area (Å²) in [5.41, 5.74) is 11.3. The van der Waals surface area contributed by atoms with Gasteiger partial charge in [-0.25, -0.2) is 13.6 Å². The standard InChI is InChI=1S/C41H29F2N3/c1-23-6-10-30-31-11-7-24(2)15-37(31)45(36(30)14-23)40-21-34(27-18-28(42)20-29(43)19-27)35(44-5)22-41(40)46-38-16-25(3)8-12-32(38)33-13-9-26(4)17-39(33)46/h6-22H,1-4H3. The highest BCUT2D eigenvalue weighted by atomic mass is 19.1. The van der Waals surface area contributed by atoms with Crippen LogP contribution in [0.2, 0.25) is 0 Å². The van der Waals surface area contributed by atoms with Crippen LogP contribution in [0, 0.1) is 45.9 Å². The second-order valence-electron chi connectivity index (χ2n) is 12.4. The summed E-state index contributed by atoms with van der Waals surface area (Å²) in [5, 5.41) is 4.43. The highest BCUT2D eigenvalue weighted by molar-refractivity contribution is 6.12. The van der Waals surface area contributed by atoms with Crippen LogP contribution in [0.1, 0.15) is 22.3 Å². The third kappa shape index (κ3) is 4.22. The molecule has 8 aromatic rings. The van der Waals surface area contributed by atoms with Crippen molar-refractivity contribution in [2.24, 2.45) is 0 Å². The van der Waals surface area contributed by atoms with Crippen LogP contribution < -0.4 is 0 Å². The predicted octanol–water partition coefficient (Wildman–Crippen LogP) is 11.6. The molecule has 46 heavy (non-hydrogen) atoms. The normalized spacial score (nSPS) is 11.7. The lowest BCUT2D eigenvalue weighted by Gasteiger charge is -2.20. The zero-order valence-electron chi connectivity index (χ0n) is 25.9. The number of aromatic nitrogens is 2. The van der Waals surface area contributed by atoms with E-state index in [1.807, 2.05) is 12.1 Å². The van der Waals surface area contributed by atoms with Crippen molar-refractivity contribution in [2.75, 3.05) is 0 Å². The number of hydrogen-bond acceptors (Lipinski definition) is 0. The summed E-state index contributed by atoms with van der Waals surface area (Å²) in [6.07, 6.45) is 0. The molecule has 0 amide bonds. The van der Waals surface area contributed by atoms with Gasteiger partial charge in [-0.1, -0.05) is 48.5 Å². The molecule has 0 unspecified atom stereocenters.